The van der Waals surface area contributed by atoms with Crippen molar-refractivity contribution in [1.29, 1.82) is 0 Å². The average Bonchev–Trinajstić information content (AvgIpc) is 2.57. The van der Waals surface area contributed by atoms with Gasteiger partial charge in [0.05, 0.1) is 0 Å². The summed E-state index contributed by atoms with van der Waals surface area (Å²) in [5.41, 5.74) is 3.52. The number of thioether (sulfide) groups is 1. The Bertz CT molecular complexity index is 502. The van der Waals surface area contributed by atoms with Gasteiger partial charge in [-0.25, -0.2) is 5.48 Å². The first-order chi connectivity index (χ1) is 10.6. The maximum Gasteiger partial charge on any atom is 0.267 e. The second-order valence-corrected chi connectivity index (χ2v) is 5.83. The smallest absolute Gasteiger partial charge is 0.267 e. The highest BCUT2D eigenvalue weighted by Gasteiger charge is 2.05. The van der Waals surface area contributed by atoms with Crippen molar-refractivity contribution < 1.29 is 10.0 Å². The molecule has 0 fully saturated rings. The van der Waals surface area contributed by atoms with E-state index in [1.807, 2.05) is 30.9 Å². The molecule has 0 spiro atoms. The number of hydrogen-bond donors (Lipinski definition) is 3. The van der Waals surface area contributed by atoms with Gasteiger partial charge in [0.25, 0.3) is 5.91 Å². The van der Waals surface area contributed by atoms with Gasteiger partial charge in [-0.1, -0.05) is 19.9 Å². The molecule has 3 N–H and O–H groups in total. The van der Waals surface area contributed by atoms with Crippen LogP contribution in [0.5, 0.6) is 0 Å². The van der Waals surface area contributed by atoms with Gasteiger partial charge < -0.3 is 10.2 Å². The molecule has 6 heteroatoms. The first-order valence-electron chi connectivity index (χ1n) is 7.43. The summed E-state index contributed by atoms with van der Waals surface area (Å²) in [4.78, 5) is 14.6. The molecule has 1 aromatic rings. The van der Waals surface area contributed by atoms with E-state index < -0.39 is 5.91 Å². The second kappa shape index (κ2) is 10.3. The fourth-order valence-corrected chi connectivity index (χ4v) is 3.06. The van der Waals surface area contributed by atoms with E-state index in [4.69, 9.17) is 5.21 Å². The Labute approximate surface area is 136 Å². The van der Waals surface area contributed by atoms with Gasteiger partial charge in [-0.3, -0.25) is 10.0 Å². The zero-order valence-electron chi connectivity index (χ0n) is 13.4. The van der Waals surface area contributed by atoms with Crippen LogP contribution in [-0.2, 0) is 4.79 Å². The molecule has 0 saturated heterocycles. The van der Waals surface area contributed by atoms with Gasteiger partial charge in [-0.2, -0.15) is 0 Å². The first kappa shape index (κ1) is 18.5. The minimum atomic E-state index is -0.538. The van der Waals surface area contributed by atoms with Crippen LogP contribution in [0, 0.1) is 0 Å². The molecule has 0 aliphatic heterocycles. The van der Waals surface area contributed by atoms with Crippen LogP contribution in [0.15, 0.2) is 29.2 Å². The minimum Gasteiger partial charge on any atom is -0.387 e. The van der Waals surface area contributed by atoms with Gasteiger partial charge in [-0.15, -0.1) is 11.8 Å². The molecule has 122 valence electrons. The van der Waals surface area contributed by atoms with Crippen molar-refractivity contribution >= 4 is 29.4 Å². The Kier molecular flexibility index (Phi) is 8.65. The zero-order valence-corrected chi connectivity index (χ0v) is 14.2. The molecule has 1 amide bonds. The number of carbonyl (C=O) groups is 1. The Balaban J connectivity index is 2.68. The van der Waals surface area contributed by atoms with Crippen molar-refractivity contribution in [1.82, 2.24) is 10.4 Å². The Morgan fingerprint density at radius 1 is 1.36 bits per heavy atom. The van der Waals surface area contributed by atoms with E-state index in [2.05, 4.69) is 30.1 Å². The summed E-state index contributed by atoms with van der Waals surface area (Å²) in [5, 5.41) is 11.7. The molecule has 0 radical (unpaired) electrons. The van der Waals surface area contributed by atoms with E-state index in [9.17, 15) is 4.79 Å². The third kappa shape index (κ3) is 6.09. The quantitative estimate of drug-likeness (QED) is 0.282. The summed E-state index contributed by atoms with van der Waals surface area (Å²) in [6.45, 7) is 7.58. The van der Waals surface area contributed by atoms with Crippen LogP contribution in [0.25, 0.3) is 6.08 Å². The molecule has 0 aliphatic rings. The summed E-state index contributed by atoms with van der Waals surface area (Å²) in [5.74, 6) is 0.502. The van der Waals surface area contributed by atoms with Gasteiger partial charge in [0, 0.05) is 36.0 Å². The maximum absolute atomic E-state index is 11.0. The fraction of sp³-hybridized carbons (Fsp3) is 0.438. The molecule has 1 rings (SSSR count). The van der Waals surface area contributed by atoms with E-state index >= 15 is 0 Å². The van der Waals surface area contributed by atoms with Crippen molar-refractivity contribution in [3.63, 3.8) is 0 Å². The number of nitrogens with zero attached hydrogens (tertiary/aromatic N) is 1. The molecule has 22 heavy (non-hydrogen) atoms. The van der Waals surface area contributed by atoms with Crippen molar-refractivity contribution in [2.45, 2.75) is 18.7 Å². The van der Waals surface area contributed by atoms with E-state index in [0.717, 1.165) is 36.6 Å². The van der Waals surface area contributed by atoms with Crippen LogP contribution >= 0.6 is 11.8 Å². The number of anilines is 1. The van der Waals surface area contributed by atoms with Crippen molar-refractivity contribution in [2.75, 3.05) is 37.8 Å². The molecule has 0 bridgehead atoms. The van der Waals surface area contributed by atoms with Gasteiger partial charge in [0.2, 0.25) is 0 Å². The summed E-state index contributed by atoms with van der Waals surface area (Å²) < 4.78 is 0. The van der Waals surface area contributed by atoms with E-state index in [-0.39, 0.29) is 0 Å². The lowest BCUT2D eigenvalue weighted by Crippen LogP contribution is -2.25. The van der Waals surface area contributed by atoms with Crippen LogP contribution in [0.3, 0.4) is 0 Å². The SMILES string of the molecule is CCN(CC)CCSc1ccc(/C=C/C(=O)NO)cc1NC. The molecule has 5 nitrogen and oxygen atoms in total. The summed E-state index contributed by atoms with van der Waals surface area (Å²) >= 11 is 1.82. The number of hydroxylamine groups is 1. The van der Waals surface area contributed by atoms with Gasteiger partial charge in [-0.05, 0) is 36.9 Å². The predicted molar refractivity (Wildman–Crippen MR) is 93.5 cm³/mol. The number of nitrogens with one attached hydrogen (secondary N) is 2. The minimum absolute atomic E-state index is 0.538. The molecule has 0 aliphatic carbocycles. The standard InChI is InChI=1S/C16H25N3O2S/c1-4-19(5-2)10-11-22-15-8-6-13(12-14(15)17-3)7-9-16(20)18-21/h6-9,12,17,21H,4-5,10-11H2,1-3H3,(H,18,20)/b9-7+. The maximum atomic E-state index is 11.0. The third-order valence-electron chi connectivity index (χ3n) is 3.37. The van der Waals surface area contributed by atoms with Crippen LogP contribution in [0.2, 0.25) is 0 Å². The Morgan fingerprint density at radius 3 is 2.68 bits per heavy atom. The van der Waals surface area contributed by atoms with Crippen molar-refractivity contribution in [3.05, 3.63) is 29.8 Å². The lowest BCUT2D eigenvalue weighted by Gasteiger charge is -2.18. The van der Waals surface area contributed by atoms with Crippen LogP contribution in [0.1, 0.15) is 19.4 Å². The number of benzene rings is 1. The second-order valence-electron chi connectivity index (χ2n) is 4.69. The average molecular weight is 323 g/mol. The lowest BCUT2D eigenvalue weighted by atomic mass is 10.2. The number of carbonyl (C=O) groups excluding carboxylic acids is 1. The molecule has 0 heterocycles. The third-order valence-corrected chi connectivity index (χ3v) is 4.42. The molecule has 0 saturated carbocycles. The van der Waals surface area contributed by atoms with Crippen molar-refractivity contribution in [2.24, 2.45) is 0 Å². The highest BCUT2D eigenvalue weighted by molar-refractivity contribution is 7.99. The topological polar surface area (TPSA) is 64.6 Å². The van der Waals surface area contributed by atoms with Crippen molar-refractivity contribution in [3.8, 4) is 0 Å². The van der Waals surface area contributed by atoms with Gasteiger partial charge in [0.1, 0.15) is 0 Å². The van der Waals surface area contributed by atoms with E-state index in [1.54, 1.807) is 11.6 Å². The number of amides is 1. The lowest BCUT2D eigenvalue weighted by molar-refractivity contribution is -0.124. The molecule has 1 aromatic carbocycles. The summed E-state index contributed by atoms with van der Waals surface area (Å²) in [6, 6.07) is 6.00. The first-order valence-corrected chi connectivity index (χ1v) is 8.42. The number of hydrogen-bond acceptors (Lipinski definition) is 5. The highest BCUT2D eigenvalue weighted by Crippen LogP contribution is 2.28. The van der Waals surface area contributed by atoms with E-state index in [1.165, 1.54) is 11.0 Å². The summed E-state index contributed by atoms with van der Waals surface area (Å²) in [6.07, 6.45) is 2.96. The molecule has 0 atom stereocenters. The summed E-state index contributed by atoms with van der Waals surface area (Å²) in [7, 11) is 1.89. The van der Waals surface area contributed by atoms with Gasteiger partial charge in [0.15, 0.2) is 0 Å². The molecular formula is C16H25N3O2S. The zero-order chi connectivity index (χ0) is 16.4. The van der Waals surface area contributed by atoms with Crippen LogP contribution < -0.4 is 10.8 Å². The normalized spacial score (nSPS) is 11.1. The number of rotatable bonds is 9. The monoisotopic (exact) mass is 323 g/mol. The van der Waals surface area contributed by atoms with Crippen LogP contribution in [0.4, 0.5) is 5.69 Å². The Morgan fingerprint density at radius 2 is 2.09 bits per heavy atom. The molecule has 0 aromatic heterocycles. The van der Waals surface area contributed by atoms with Crippen LogP contribution in [-0.4, -0.2) is 48.4 Å². The Hall–Kier alpha value is -1.50. The fourth-order valence-electron chi connectivity index (χ4n) is 2.01. The molecule has 0 unspecified atom stereocenters. The predicted octanol–water partition coefficient (Wildman–Crippen LogP) is 2.68. The van der Waals surface area contributed by atoms with Gasteiger partial charge >= 0.3 is 0 Å². The highest BCUT2D eigenvalue weighted by atomic mass is 32.2. The largest absolute Gasteiger partial charge is 0.387 e. The van der Waals surface area contributed by atoms with E-state index in [0.29, 0.717) is 0 Å². The molecular weight excluding hydrogens is 298 g/mol.